The number of hydrogen-bond acceptors (Lipinski definition) is 2. The monoisotopic (exact) mass is 155 g/mol. The van der Waals surface area contributed by atoms with E-state index in [-0.39, 0.29) is 17.1 Å². The first-order valence-corrected chi connectivity index (χ1v) is 4.45. The van der Waals surface area contributed by atoms with Gasteiger partial charge in [0.25, 0.3) is 0 Å². The van der Waals surface area contributed by atoms with E-state index >= 15 is 0 Å². The van der Waals surface area contributed by atoms with Crippen LogP contribution in [0, 0.1) is 11.3 Å². The Morgan fingerprint density at radius 2 is 2.09 bits per heavy atom. The molecule has 0 spiro atoms. The third kappa shape index (κ3) is 0.651. The van der Waals surface area contributed by atoms with Gasteiger partial charge in [-0.15, -0.1) is 0 Å². The molecular formula is C9H17NO. The Hall–Kier alpha value is -0.0800. The van der Waals surface area contributed by atoms with Gasteiger partial charge in [-0.3, -0.25) is 0 Å². The molecule has 0 heterocycles. The number of fused-ring (bicyclic) bond motifs is 2. The lowest BCUT2D eigenvalue weighted by molar-refractivity contribution is 0.0670. The van der Waals surface area contributed by atoms with Crippen molar-refractivity contribution in [2.45, 2.75) is 44.8 Å². The van der Waals surface area contributed by atoms with E-state index in [1.807, 2.05) is 0 Å². The molecule has 2 fully saturated rings. The Labute approximate surface area is 67.8 Å². The van der Waals surface area contributed by atoms with Gasteiger partial charge in [-0.05, 0) is 30.6 Å². The zero-order valence-electron chi connectivity index (χ0n) is 7.30. The van der Waals surface area contributed by atoms with Crippen LogP contribution in [0.15, 0.2) is 0 Å². The molecule has 2 nitrogen and oxygen atoms in total. The van der Waals surface area contributed by atoms with Crippen molar-refractivity contribution in [1.82, 2.24) is 0 Å². The molecule has 0 aliphatic heterocycles. The second kappa shape index (κ2) is 1.80. The summed E-state index contributed by atoms with van der Waals surface area (Å²) < 4.78 is 0. The molecule has 0 radical (unpaired) electrons. The van der Waals surface area contributed by atoms with Crippen LogP contribution in [-0.2, 0) is 0 Å². The van der Waals surface area contributed by atoms with Crippen molar-refractivity contribution in [1.29, 1.82) is 0 Å². The van der Waals surface area contributed by atoms with Gasteiger partial charge in [-0.1, -0.05) is 13.8 Å². The molecule has 0 unspecified atom stereocenters. The topological polar surface area (TPSA) is 46.2 Å². The third-order valence-electron chi connectivity index (χ3n) is 4.23. The molecule has 64 valence electrons. The van der Waals surface area contributed by atoms with E-state index in [9.17, 15) is 5.11 Å². The minimum absolute atomic E-state index is 0.159. The van der Waals surface area contributed by atoms with Crippen molar-refractivity contribution in [3.05, 3.63) is 0 Å². The van der Waals surface area contributed by atoms with E-state index in [1.54, 1.807) is 0 Å². The van der Waals surface area contributed by atoms with Crippen LogP contribution in [0.1, 0.15) is 33.1 Å². The second-order valence-electron chi connectivity index (χ2n) is 4.75. The Morgan fingerprint density at radius 1 is 1.45 bits per heavy atom. The number of nitrogens with two attached hydrogens (primary N) is 1. The molecule has 0 aromatic rings. The summed E-state index contributed by atoms with van der Waals surface area (Å²) in [5.74, 6) is 0.655. The molecule has 11 heavy (non-hydrogen) atoms. The minimum atomic E-state index is -0.280. The molecule has 2 aliphatic carbocycles. The smallest absolute Gasteiger partial charge is 0.0727 e. The van der Waals surface area contributed by atoms with Crippen LogP contribution < -0.4 is 5.73 Å². The van der Waals surface area contributed by atoms with Gasteiger partial charge >= 0.3 is 0 Å². The van der Waals surface area contributed by atoms with Crippen LogP contribution in [0.2, 0.25) is 0 Å². The van der Waals surface area contributed by atoms with Gasteiger partial charge in [0.1, 0.15) is 0 Å². The maximum atomic E-state index is 9.69. The number of hydrogen-bond donors (Lipinski definition) is 2. The lowest BCUT2D eigenvalue weighted by Gasteiger charge is -2.36. The molecule has 0 amide bonds. The maximum Gasteiger partial charge on any atom is 0.0727 e. The van der Waals surface area contributed by atoms with Crippen LogP contribution >= 0.6 is 0 Å². The molecule has 0 aromatic heterocycles. The van der Waals surface area contributed by atoms with Crippen LogP contribution in [0.3, 0.4) is 0 Å². The van der Waals surface area contributed by atoms with E-state index < -0.39 is 0 Å². The largest absolute Gasteiger partial charge is 0.391 e. The first-order valence-electron chi connectivity index (χ1n) is 4.45. The Kier molecular flexibility index (Phi) is 1.24. The van der Waals surface area contributed by atoms with Crippen LogP contribution in [0.25, 0.3) is 0 Å². The molecule has 2 rings (SSSR count). The van der Waals surface area contributed by atoms with Crippen LogP contribution in [-0.4, -0.2) is 16.7 Å². The minimum Gasteiger partial charge on any atom is -0.391 e. The Morgan fingerprint density at radius 3 is 2.27 bits per heavy atom. The van der Waals surface area contributed by atoms with Gasteiger partial charge in [0, 0.05) is 5.54 Å². The molecule has 0 saturated heterocycles. The van der Waals surface area contributed by atoms with E-state index in [2.05, 4.69) is 13.8 Å². The van der Waals surface area contributed by atoms with Crippen molar-refractivity contribution in [3.8, 4) is 0 Å². The highest BCUT2D eigenvalue weighted by atomic mass is 16.3. The number of aliphatic hydroxyl groups is 1. The average molecular weight is 155 g/mol. The van der Waals surface area contributed by atoms with Gasteiger partial charge < -0.3 is 10.8 Å². The predicted molar refractivity (Wildman–Crippen MR) is 44.0 cm³/mol. The fourth-order valence-electron chi connectivity index (χ4n) is 2.96. The molecule has 2 aliphatic rings. The normalized spacial score (nSPS) is 53.5. The molecular weight excluding hydrogens is 138 g/mol. The molecule has 2 saturated carbocycles. The summed E-state index contributed by atoms with van der Waals surface area (Å²) in [7, 11) is 0. The van der Waals surface area contributed by atoms with Gasteiger partial charge in [-0.2, -0.15) is 0 Å². The van der Waals surface area contributed by atoms with Crippen molar-refractivity contribution in [3.63, 3.8) is 0 Å². The van der Waals surface area contributed by atoms with Crippen molar-refractivity contribution in [2.75, 3.05) is 0 Å². The van der Waals surface area contributed by atoms with Crippen molar-refractivity contribution >= 4 is 0 Å². The van der Waals surface area contributed by atoms with Gasteiger partial charge in [0.05, 0.1) is 6.10 Å². The summed E-state index contributed by atoms with van der Waals surface area (Å²) in [5, 5.41) is 9.69. The first kappa shape index (κ1) is 7.56. The Balaban J connectivity index is 2.40. The van der Waals surface area contributed by atoms with Gasteiger partial charge in [-0.25, -0.2) is 0 Å². The maximum absolute atomic E-state index is 9.69. The highest BCUT2D eigenvalue weighted by Crippen LogP contribution is 2.58. The van der Waals surface area contributed by atoms with Crippen molar-refractivity contribution < 1.29 is 5.11 Å². The van der Waals surface area contributed by atoms with E-state index in [0.717, 1.165) is 12.8 Å². The van der Waals surface area contributed by atoms with Crippen LogP contribution in [0.4, 0.5) is 0 Å². The zero-order valence-corrected chi connectivity index (χ0v) is 7.30. The lowest BCUT2D eigenvalue weighted by atomic mass is 9.76. The number of aliphatic hydroxyl groups excluding tert-OH is 1. The SMILES string of the molecule is CC1(C)[C@@H]2CC[C@]1(N)[C@H](O)C2. The van der Waals surface area contributed by atoms with Gasteiger partial charge in [0.15, 0.2) is 0 Å². The fraction of sp³-hybridized carbons (Fsp3) is 1.00. The van der Waals surface area contributed by atoms with Crippen LogP contribution in [0.5, 0.6) is 0 Å². The summed E-state index contributed by atoms with van der Waals surface area (Å²) in [6.07, 6.45) is 2.88. The fourth-order valence-corrected chi connectivity index (χ4v) is 2.96. The zero-order chi connectivity index (χ0) is 8.28. The van der Waals surface area contributed by atoms with Gasteiger partial charge in [0.2, 0.25) is 0 Å². The summed E-state index contributed by atoms with van der Waals surface area (Å²) in [4.78, 5) is 0. The quantitative estimate of drug-likeness (QED) is 0.545. The summed E-state index contributed by atoms with van der Waals surface area (Å²) >= 11 is 0. The average Bonchev–Trinajstić information content (AvgIpc) is 2.20. The highest BCUT2D eigenvalue weighted by Gasteiger charge is 2.61. The van der Waals surface area contributed by atoms with E-state index in [4.69, 9.17) is 5.73 Å². The molecule has 2 bridgehead atoms. The molecule has 0 aromatic carbocycles. The summed E-state index contributed by atoms with van der Waals surface area (Å²) in [6.45, 7) is 4.39. The molecule has 2 heteroatoms. The second-order valence-corrected chi connectivity index (χ2v) is 4.75. The lowest BCUT2D eigenvalue weighted by Crippen LogP contribution is -2.54. The summed E-state index contributed by atoms with van der Waals surface area (Å²) in [5.41, 5.74) is 6.05. The predicted octanol–water partition coefficient (Wildman–Crippen LogP) is 0.885. The van der Waals surface area contributed by atoms with E-state index in [1.165, 1.54) is 6.42 Å². The highest BCUT2D eigenvalue weighted by molar-refractivity contribution is 5.16. The molecule has 3 atom stereocenters. The molecule has 3 N–H and O–H groups in total. The number of rotatable bonds is 0. The Bertz CT molecular complexity index is 190. The standard InChI is InChI=1S/C9H17NO/c1-8(2)6-3-4-9(8,10)7(11)5-6/h6-7,11H,3-5,10H2,1-2H3/t6-,7-,9+/m1/s1. The summed E-state index contributed by atoms with van der Waals surface area (Å²) in [6, 6.07) is 0. The van der Waals surface area contributed by atoms with E-state index in [0.29, 0.717) is 5.92 Å². The third-order valence-corrected chi connectivity index (χ3v) is 4.23. The van der Waals surface area contributed by atoms with Crippen molar-refractivity contribution in [2.24, 2.45) is 17.1 Å². The first-order chi connectivity index (χ1) is 4.98.